The van der Waals surface area contributed by atoms with Crippen molar-refractivity contribution in [2.45, 2.75) is 44.4 Å². The first-order valence-electron chi connectivity index (χ1n) is 6.88. The number of hydrogen-bond acceptors (Lipinski definition) is 3. The van der Waals surface area contributed by atoms with Crippen molar-refractivity contribution in [1.82, 2.24) is 5.32 Å². The molecule has 112 valence electrons. The summed E-state index contributed by atoms with van der Waals surface area (Å²) in [6, 6.07) is 3.73. The molecule has 5 heteroatoms. The lowest BCUT2D eigenvalue weighted by molar-refractivity contribution is -0.0638. The van der Waals surface area contributed by atoms with Gasteiger partial charge in [0, 0.05) is 19.2 Å². The molecular formula is C15H21F2NO2. The summed E-state index contributed by atoms with van der Waals surface area (Å²) >= 11 is 0. The van der Waals surface area contributed by atoms with E-state index in [1.165, 1.54) is 6.07 Å². The van der Waals surface area contributed by atoms with Gasteiger partial charge >= 0.3 is 0 Å². The number of aliphatic hydroxyl groups is 1. The third-order valence-electron chi connectivity index (χ3n) is 3.63. The molecule has 1 aromatic rings. The van der Waals surface area contributed by atoms with Crippen LogP contribution in [0.1, 0.15) is 38.4 Å². The van der Waals surface area contributed by atoms with Crippen molar-refractivity contribution >= 4 is 0 Å². The highest BCUT2D eigenvalue weighted by molar-refractivity contribution is 5.20. The molecule has 1 aliphatic heterocycles. The number of halogens is 2. The Balaban J connectivity index is 1.88. The maximum Gasteiger partial charge on any atom is 0.159 e. The molecule has 2 N–H and O–H groups in total. The molecular weight excluding hydrogens is 264 g/mol. The van der Waals surface area contributed by atoms with Crippen LogP contribution >= 0.6 is 0 Å². The number of benzene rings is 1. The van der Waals surface area contributed by atoms with E-state index in [2.05, 4.69) is 5.32 Å². The first-order valence-corrected chi connectivity index (χ1v) is 6.88. The zero-order valence-electron chi connectivity index (χ0n) is 11.8. The van der Waals surface area contributed by atoms with Gasteiger partial charge in [-0.25, -0.2) is 8.78 Å². The van der Waals surface area contributed by atoms with Crippen molar-refractivity contribution in [3.05, 3.63) is 35.4 Å². The fraction of sp³-hybridized carbons (Fsp3) is 0.600. The van der Waals surface area contributed by atoms with E-state index in [-0.39, 0.29) is 11.6 Å². The molecule has 2 unspecified atom stereocenters. The molecule has 1 aliphatic rings. The standard InChI is InChI=1S/C15H21F2NO2/c1-15(2)8-11(5-6-20-15)18-9-14(19)10-3-4-12(16)13(17)7-10/h3-4,7,11,14,18-19H,5-6,8-9H2,1-2H3. The van der Waals surface area contributed by atoms with Crippen molar-refractivity contribution in [3.63, 3.8) is 0 Å². The van der Waals surface area contributed by atoms with Crippen LogP contribution in [0.2, 0.25) is 0 Å². The highest BCUT2D eigenvalue weighted by Gasteiger charge is 2.28. The van der Waals surface area contributed by atoms with Crippen LogP contribution < -0.4 is 5.32 Å². The zero-order valence-corrected chi connectivity index (χ0v) is 11.8. The van der Waals surface area contributed by atoms with Gasteiger partial charge in [0.05, 0.1) is 11.7 Å². The van der Waals surface area contributed by atoms with E-state index >= 15 is 0 Å². The van der Waals surface area contributed by atoms with E-state index in [4.69, 9.17) is 4.74 Å². The predicted octanol–water partition coefficient (Wildman–Crippen LogP) is 2.55. The summed E-state index contributed by atoms with van der Waals surface area (Å²) in [4.78, 5) is 0. The molecule has 0 saturated carbocycles. The number of hydrogen-bond donors (Lipinski definition) is 2. The topological polar surface area (TPSA) is 41.5 Å². The van der Waals surface area contributed by atoms with Gasteiger partial charge in [0.25, 0.3) is 0 Å². The second-order valence-electron chi connectivity index (χ2n) is 5.90. The number of nitrogens with one attached hydrogen (secondary N) is 1. The Morgan fingerprint density at radius 3 is 2.80 bits per heavy atom. The van der Waals surface area contributed by atoms with Crippen LogP contribution in [-0.4, -0.2) is 29.9 Å². The predicted molar refractivity (Wildman–Crippen MR) is 72.4 cm³/mol. The summed E-state index contributed by atoms with van der Waals surface area (Å²) in [5.74, 6) is -1.84. The van der Waals surface area contributed by atoms with Crippen molar-refractivity contribution in [1.29, 1.82) is 0 Å². The van der Waals surface area contributed by atoms with Crippen LogP contribution in [0.25, 0.3) is 0 Å². The molecule has 0 aromatic heterocycles. The van der Waals surface area contributed by atoms with Crippen molar-refractivity contribution < 1.29 is 18.6 Å². The van der Waals surface area contributed by atoms with Crippen molar-refractivity contribution in [2.24, 2.45) is 0 Å². The Bertz CT molecular complexity index is 465. The third-order valence-corrected chi connectivity index (χ3v) is 3.63. The summed E-state index contributed by atoms with van der Waals surface area (Å²) < 4.78 is 31.6. The summed E-state index contributed by atoms with van der Waals surface area (Å²) in [6.07, 6.45) is 0.891. The molecule has 1 aromatic carbocycles. The van der Waals surface area contributed by atoms with Crippen molar-refractivity contribution in [3.8, 4) is 0 Å². The van der Waals surface area contributed by atoms with Crippen LogP contribution in [0, 0.1) is 11.6 Å². The Labute approximate surface area is 117 Å². The second kappa shape index (κ2) is 6.16. The second-order valence-corrected chi connectivity index (χ2v) is 5.90. The van der Waals surface area contributed by atoms with E-state index in [1.54, 1.807) is 0 Å². The minimum Gasteiger partial charge on any atom is -0.387 e. The SMILES string of the molecule is CC1(C)CC(NCC(O)c2ccc(F)c(F)c2)CCO1. The van der Waals surface area contributed by atoms with Gasteiger partial charge in [-0.05, 0) is 44.4 Å². The highest BCUT2D eigenvalue weighted by atomic mass is 19.2. The average molecular weight is 285 g/mol. The van der Waals surface area contributed by atoms with E-state index in [0.29, 0.717) is 18.7 Å². The Kier molecular flexibility index (Phi) is 4.73. The normalized spacial score (nSPS) is 23.6. The van der Waals surface area contributed by atoms with E-state index in [9.17, 15) is 13.9 Å². The largest absolute Gasteiger partial charge is 0.387 e. The number of aliphatic hydroxyl groups excluding tert-OH is 1. The van der Waals surface area contributed by atoms with E-state index < -0.39 is 17.7 Å². The first-order chi connectivity index (χ1) is 9.37. The molecule has 1 saturated heterocycles. The van der Waals surface area contributed by atoms with E-state index in [0.717, 1.165) is 25.0 Å². The van der Waals surface area contributed by atoms with Crippen LogP contribution in [0.4, 0.5) is 8.78 Å². The van der Waals surface area contributed by atoms with Gasteiger partial charge in [-0.15, -0.1) is 0 Å². The highest BCUT2D eigenvalue weighted by Crippen LogP contribution is 2.24. The van der Waals surface area contributed by atoms with Gasteiger partial charge in [-0.3, -0.25) is 0 Å². The smallest absolute Gasteiger partial charge is 0.159 e. The minimum absolute atomic E-state index is 0.164. The zero-order chi connectivity index (χ0) is 14.8. The Morgan fingerprint density at radius 2 is 2.15 bits per heavy atom. The molecule has 1 heterocycles. The molecule has 20 heavy (non-hydrogen) atoms. The molecule has 0 bridgehead atoms. The molecule has 0 amide bonds. The van der Waals surface area contributed by atoms with Gasteiger partial charge < -0.3 is 15.2 Å². The fourth-order valence-electron chi connectivity index (χ4n) is 2.52. The lowest BCUT2D eigenvalue weighted by Crippen LogP contribution is -2.44. The summed E-state index contributed by atoms with van der Waals surface area (Å²) in [7, 11) is 0. The number of ether oxygens (including phenoxy) is 1. The Hall–Kier alpha value is -1.04. The van der Waals surface area contributed by atoms with Gasteiger partial charge in [-0.2, -0.15) is 0 Å². The quantitative estimate of drug-likeness (QED) is 0.893. The van der Waals surface area contributed by atoms with Crippen LogP contribution in [0.5, 0.6) is 0 Å². The molecule has 3 nitrogen and oxygen atoms in total. The molecule has 0 radical (unpaired) electrons. The molecule has 2 rings (SSSR count). The maximum absolute atomic E-state index is 13.1. The fourth-order valence-corrected chi connectivity index (χ4v) is 2.52. The van der Waals surface area contributed by atoms with Crippen LogP contribution in [0.3, 0.4) is 0 Å². The lowest BCUT2D eigenvalue weighted by Gasteiger charge is -2.36. The van der Waals surface area contributed by atoms with E-state index in [1.807, 2.05) is 13.8 Å². The third kappa shape index (κ3) is 3.98. The van der Waals surface area contributed by atoms with Crippen molar-refractivity contribution in [2.75, 3.05) is 13.2 Å². The van der Waals surface area contributed by atoms with Crippen LogP contribution in [-0.2, 0) is 4.74 Å². The average Bonchev–Trinajstić information content (AvgIpc) is 2.38. The lowest BCUT2D eigenvalue weighted by atomic mass is 9.94. The van der Waals surface area contributed by atoms with Gasteiger partial charge in [0.2, 0.25) is 0 Å². The molecule has 1 fully saturated rings. The van der Waals surface area contributed by atoms with Gasteiger partial charge in [0.15, 0.2) is 11.6 Å². The first kappa shape index (κ1) is 15.4. The minimum atomic E-state index is -0.936. The van der Waals surface area contributed by atoms with Crippen LogP contribution in [0.15, 0.2) is 18.2 Å². The van der Waals surface area contributed by atoms with Gasteiger partial charge in [-0.1, -0.05) is 6.07 Å². The summed E-state index contributed by atoms with van der Waals surface area (Å²) in [5, 5.41) is 13.3. The summed E-state index contributed by atoms with van der Waals surface area (Å²) in [5.41, 5.74) is 0.214. The molecule has 2 atom stereocenters. The monoisotopic (exact) mass is 285 g/mol. The maximum atomic E-state index is 13.1. The Morgan fingerprint density at radius 1 is 1.40 bits per heavy atom. The molecule has 0 spiro atoms. The van der Waals surface area contributed by atoms with Gasteiger partial charge in [0.1, 0.15) is 0 Å². The number of rotatable bonds is 4. The summed E-state index contributed by atoms with van der Waals surface area (Å²) in [6.45, 7) is 5.07. The molecule has 0 aliphatic carbocycles.